The van der Waals surface area contributed by atoms with Crippen molar-refractivity contribution in [2.24, 2.45) is 11.8 Å². The zero-order chi connectivity index (χ0) is 27.8. The molecule has 2 aromatic rings. The van der Waals surface area contributed by atoms with Crippen molar-refractivity contribution in [1.82, 2.24) is 4.90 Å². The summed E-state index contributed by atoms with van der Waals surface area (Å²) in [7, 11) is 0. The van der Waals surface area contributed by atoms with Crippen molar-refractivity contribution in [3.05, 3.63) is 67.8 Å². The van der Waals surface area contributed by atoms with Crippen molar-refractivity contribution in [3.8, 4) is 0 Å². The Kier molecular flexibility index (Phi) is 7.62. The highest BCUT2D eigenvalue weighted by Crippen LogP contribution is 2.71. The second kappa shape index (κ2) is 10.8. The molecule has 0 radical (unpaired) electrons. The summed E-state index contributed by atoms with van der Waals surface area (Å²) < 4.78 is 4.40. The van der Waals surface area contributed by atoms with Crippen LogP contribution in [0.25, 0.3) is 10.8 Å². The smallest absolute Gasteiger partial charge is 0.311 e. The van der Waals surface area contributed by atoms with E-state index in [4.69, 9.17) is 4.74 Å². The van der Waals surface area contributed by atoms with Gasteiger partial charge in [0, 0.05) is 23.5 Å². The third-order valence-corrected chi connectivity index (χ3v) is 10.5. The van der Waals surface area contributed by atoms with Crippen LogP contribution in [0.15, 0.2) is 67.8 Å². The highest BCUT2D eigenvalue weighted by molar-refractivity contribution is 8.02. The Labute approximate surface area is 233 Å². The number of thioether (sulfide) groups is 1. The molecule has 5 atom stereocenters. The van der Waals surface area contributed by atoms with Gasteiger partial charge in [-0.3, -0.25) is 14.4 Å². The fourth-order valence-electron chi connectivity index (χ4n) is 6.85. The van der Waals surface area contributed by atoms with Gasteiger partial charge in [0.05, 0.1) is 29.8 Å². The van der Waals surface area contributed by atoms with Crippen LogP contribution >= 0.6 is 11.8 Å². The Morgan fingerprint density at radius 1 is 1.18 bits per heavy atom. The minimum atomic E-state index is -0.807. The Morgan fingerprint density at radius 3 is 2.67 bits per heavy atom. The van der Waals surface area contributed by atoms with Crippen LogP contribution in [-0.2, 0) is 19.1 Å². The molecule has 3 heterocycles. The molecule has 1 N–H and O–H groups in total. The number of nitrogens with zero attached hydrogens (tertiary/aromatic N) is 2. The van der Waals surface area contributed by atoms with Gasteiger partial charge < -0.3 is 19.6 Å². The van der Waals surface area contributed by atoms with E-state index in [2.05, 4.69) is 13.2 Å². The topological polar surface area (TPSA) is 87.1 Å². The number of β-amino-alcohol motifs (C(OH)–C–C–N with tert-alkyl or cyclic N) is 1. The number of aliphatic hydroxyl groups excluding tert-OH is 1. The third-order valence-electron chi connectivity index (χ3n) is 8.52. The van der Waals surface area contributed by atoms with Crippen LogP contribution in [0.2, 0.25) is 0 Å². The maximum absolute atomic E-state index is 14.5. The molecular formula is C31H36N2O5S. The van der Waals surface area contributed by atoms with Gasteiger partial charge in [0.25, 0.3) is 5.91 Å². The Balaban J connectivity index is 1.52. The van der Waals surface area contributed by atoms with Gasteiger partial charge in [-0.15, -0.1) is 24.9 Å². The summed E-state index contributed by atoms with van der Waals surface area (Å²) >= 11 is 1.60. The molecule has 2 unspecified atom stereocenters. The Hall–Kier alpha value is -3.10. The van der Waals surface area contributed by atoms with E-state index < -0.39 is 27.4 Å². The van der Waals surface area contributed by atoms with Gasteiger partial charge in [0.2, 0.25) is 5.91 Å². The highest BCUT2D eigenvalue weighted by Gasteiger charge is 2.77. The number of benzene rings is 2. The zero-order valence-electron chi connectivity index (χ0n) is 22.4. The van der Waals surface area contributed by atoms with Gasteiger partial charge >= 0.3 is 5.97 Å². The number of carbonyl (C=O) groups excluding carboxylic acids is 3. The molecular weight excluding hydrogens is 512 g/mol. The Bertz CT molecular complexity index is 1310. The number of aliphatic hydroxyl groups is 1. The first-order valence-electron chi connectivity index (χ1n) is 13.6. The van der Waals surface area contributed by atoms with Crippen LogP contribution < -0.4 is 4.90 Å². The number of rotatable bonds is 11. The van der Waals surface area contributed by atoms with Crippen LogP contribution in [-0.4, -0.2) is 69.6 Å². The predicted molar refractivity (Wildman–Crippen MR) is 154 cm³/mol. The average molecular weight is 549 g/mol. The summed E-state index contributed by atoms with van der Waals surface area (Å²) in [5.41, 5.74) is 0.719. The number of carbonyl (C=O) groups is 3. The maximum Gasteiger partial charge on any atom is 0.311 e. The van der Waals surface area contributed by atoms with E-state index in [1.54, 1.807) is 28.8 Å². The molecule has 3 aliphatic rings. The normalized spacial score (nSPS) is 28.9. The number of unbranched alkanes of at least 4 members (excludes halogenated alkanes) is 1. The molecule has 3 fully saturated rings. The van der Waals surface area contributed by atoms with Gasteiger partial charge in [-0.2, -0.15) is 0 Å². The van der Waals surface area contributed by atoms with Gasteiger partial charge in [-0.25, -0.2) is 0 Å². The minimum Gasteiger partial charge on any atom is -0.465 e. The van der Waals surface area contributed by atoms with Crippen LogP contribution in [0, 0.1) is 11.8 Å². The molecule has 3 aliphatic heterocycles. The fraction of sp³-hybridized carbons (Fsp3) is 0.452. The van der Waals surface area contributed by atoms with E-state index >= 15 is 0 Å². The van der Waals surface area contributed by atoms with Gasteiger partial charge in [-0.05, 0) is 55.5 Å². The zero-order valence-corrected chi connectivity index (χ0v) is 23.2. The Morgan fingerprint density at radius 2 is 1.95 bits per heavy atom. The van der Waals surface area contributed by atoms with E-state index in [1.165, 1.54) is 4.90 Å². The summed E-state index contributed by atoms with van der Waals surface area (Å²) in [6, 6.07) is 13.0. The number of ether oxygens (including phenoxy) is 1. The van der Waals surface area contributed by atoms with Crippen molar-refractivity contribution < 1.29 is 24.2 Å². The van der Waals surface area contributed by atoms with E-state index in [1.807, 2.05) is 49.4 Å². The molecule has 2 amide bonds. The fourth-order valence-corrected chi connectivity index (χ4v) is 9.18. The van der Waals surface area contributed by atoms with Gasteiger partial charge in [-0.1, -0.05) is 42.5 Å². The van der Waals surface area contributed by atoms with Gasteiger partial charge in [0.1, 0.15) is 6.04 Å². The van der Waals surface area contributed by atoms with Crippen LogP contribution in [0.5, 0.6) is 0 Å². The molecule has 0 aliphatic carbocycles. The molecule has 206 valence electrons. The number of likely N-dealkylation sites (tertiary alicyclic amines) is 1. The molecule has 1 spiro atoms. The van der Waals surface area contributed by atoms with Crippen molar-refractivity contribution in [1.29, 1.82) is 0 Å². The lowest BCUT2D eigenvalue weighted by Crippen LogP contribution is -2.55. The van der Waals surface area contributed by atoms with E-state index in [0.29, 0.717) is 19.3 Å². The van der Waals surface area contributed by atoms with Crippen molar-refractivity contribution in [3.63, 3.8) is 0 Å². The second-order valence-electron chi connectivity index (χ2n) is 10.9. The van der Waals surface area contributed by atoms with Gasteiger partial charge in [0.15, 0.2) is 0 Å². The lowest BCUT2D eigenvalue weighted by Gasteiger charge is -2.37. The first kappa shape index (κ1) is 27.5. The second-order valence-corrected chi connectivity index (χ2v) is 12.7. The van der Waals surface area contributed by atoms with Crippen molar-refractivity contribution in [2.45, 2.75) is 48.1 Å². The monoisotopic (exact) mass is 548 g/mol. The molecule has 2 bridgehead atoms. The summed E-state index contributed by atoms with van der Waals surface area (Å²) in [4.78, 5) is 45.1. The van der Waals surface area contributed by atoms with Crippen LogP contribution in [0.3, 0.4) is 0 Å². The molecule has 3 saturated heterocycles. The minimum absolute atomic E-state index is 0.0333. The summed E-state index contributed by atoms with van der Waals surface area (Å²) in [6.45, 7) is 9.92. The molecule has 8 heteroatoms. The lowest BCUT2D eigenvalue weighted by atomic mass is 9.66. The lowest BCUT2D eigenvalue weighted by molar-refractivity contribution is -0.155. The highest BCUT2D eigenvalue weighted by atomic mass is 32.2. The molecule has 7 nitrogen and oxygen atoms in total. The largest absolute Gasteiger partial charge is 0.465 e. The number of fused-ring (bicyclic) bond motifs is 2. The van der Waals surface area contributed by atoms with E-state index in [9.17, 15) is 19.5 Å². The summed E-state index contributed by atoms with van der Waals surface area (Å²) in [6.07, 6.45) is 6.23. The number of allylic oxidation sites excluding steroid dienone is 1. The van der Waals surface area contributed by atoms with Crippen LogP contribution in [0.1, 0.15) is 32.6 Å². The summed E-state index contributed by atoms with van der Waals surface area (Å²) in [5, 5.41) is 12.0. The number of esters is 1. The molecule has 39 heavy (non-hydrogen) atoms. The number of amides is 2. The number of hydrogen-bond acceptors (Lipinski definition) is 6. The quantitative estimate of drug-likeness (QED) is 0.255. The van der Waals surface area contributed by atoms with Crippen molar-refractivity contribution in [2.75, 3.05) is 31.2 Å². The number of hydrogen-bond donors (Lipinski definition) is 1. The first-order chi connectivity index (χ1) is 18.8. The molecule has 0 aromatic heterocycles. The standard InChI is InChI=1S/C31H36N2O5S/c1-4-6-9-19-38-29(37)25-24-27(35)33(17-18-34)26(31(24)15-14-30(25,3)39-31)28(36)32(16-5-2)23-13-12-21-10-7-8-11-22(21)20-23/h4-5,7-8,10-13,20,24-26,34H,1-2,6,9,14-19H2,3H3/t24-,25+,26?,30-,31?/m0/s1. The SMILES string of the molecule is C=CCCCOC(=O)[C@H]1[C@H]2C(=O)N(CCO)C(C(=O)N(CC=C)c3ccc4ccccc4c3)C23CC[C@]1(C)S3. The van der Waals surface area contributed by atoms with Crippen LogP contribution in [0.4, 0.5) is 5.69 Å². The molecule has 0 saturated carbocycles. The maximum atomic E-state index is 14.5. The molecule has 5 rings (SSSR count). The predicted octanol–water partition coefficient (Wildman–Crippen LogP) is 4.34. The third kappa shape index (κ3) is 4.47. The van der Waals surface area contributed by atoms with E-state index in [0.717, 1.165) is 22.9 Å². The first-order valence-corrected chi connectivity index (χ1v) is 14.4. The van der Waals surface area contributed by atoms with E-state index in [-0.39, 0.29) is 44.1 Å². The molecule has 2 aromatic carbocycles. The number of anilines is 1. The average Bonchev–Trinajstić information content (AvgIpc) is 3.50. The van der Waals surface area contributed by atoms with Crippen molar-refractivity contribution >= 4 is 46.0 Å². The summed E-state index contributed by atoms with van der Waals surface area (Å²) in [5.74, 6) is -2.14.